The van der Waals surface area contributed by atoms with E-state index in [0.29, 0.717) is 29.6 Å². The standard InChI is InChI=1S/C24H26N4O4/c1-4-28(15-16-9-11-17(12-10-16)24(32)27(2)3)21(29)14-26-23(31)19-13-25-20-8-6-5-7-18(20)22(19)30/h5-13H,4,14-15H2,1-3H3,(H,25,30)(H,26,31). The zero-order valence-electron chi connectivity index (χ0n) is 18.3. The first kappa shape index (κ1) is 22.7. The number of nitrogens with zero attached hydrogens (tertiary/aromatic N) is 2. The normalized spacial score (nSPS) is 10.6. The lowest BCUT2D eigenvalue weighted by Crippen LogP contribution is -2.40. The first-order chi connectivity index (χ1) is 15.3. The lowest BCUT2D eigenvalue weighted by molar-refractivity contribution is -0.130. The minimum atomic E-state index is -0.604. The van der Waals surface area contributed by atoms with Crippen LogP contribution in [0.4, 0.5) is 0 Å². The number of aromatic amines is 1. The number of para-hydroxylation sites is 1. The number of H-pyrrole nitrogens is 1. The summed E-state index contributed by atoms with van der Waals surface area (Å²) in [7, 11) is 3.38. The molecule has 0 unspecified atom stereocenters. The number of aromatic nitrogens is 1. The van der Waals surface area contributed by atoms with Gasteiger partial charge >= 0.3 is 0 Å². The number of pyridine rings is 1. The van der Waals surface area contributed by atoms with Crippen LogP contribution in [0, 0.1) is 0 Å². The van der Waals surface area contributed by atoms with Gasteiger partial charge in [0, 0.05) is 49.8 Å². The van der Waals surface area contributed by atoms with E-state index in [2.05, 4.69) is 10.3 Å². The molecule has 0 fully saturated rings. The highest BCUT2D eigenvalue weighted by Crippen LogP contribution is 2.10. The topological polar surface area (TPSA) is 103 Å². The van der Waals surface area contributed by atoms with Crippen LogP contribution in [0.2, 0.25) is 0 Å². The summed E-state index contributed by atoms with van der Waals surface area (Å²) in [6, 6.07) is 14.0. The van der Waals surface area contributed by atoms with Crippen LogP contribution >= 0.6 is 0 Å². The summed E-state index contributed by atoms with van der Waals surface area (Å²) in [6.07, 6.45) is 1.36. The second-order valence-corrected chi connectivity index (χ2v) is 7.56. The lowest BCUT2D eigenvalue weighted by Gasteiger charge is -2.21. The van der Waals surface area contributed by atoms with Crippen molar-refractivity contribution in [2.45, 2.75) is 13.5 Å². The summed E-state index contributed by atoms with van der Waals surface area (Å²) < 4.78 is 0. The third-order valence-corrected chi connectivity index (χ3v) is 5.15. The van der Waals surface area contributed by atoms with E-state index in [1.54, 1.807) is 67.5 Å². The highest BCUT2D eigenvalue weighted by molar-refractivity contribution is 5.98. The molecule has 0 radical (unpaired) electrons. The number of fused-ring (bicyclic) bond motifs is 1. The van der Waals surface area contributed by atoms with E-state index in [-0.39, 0.29) is 29.4 Å². The predicted molar refractivity (Wildman–Crippen MR) is 122 cm³/mol. The zero-order valence-corrected chi connectivity index (χ0v) is 18.3. The number of nitrogens with one attached hydrogen (secondary N) is 2. The highest BCUT2D eigenvalue weighted by atomic mass is 16.2. The Hall–Kier alpha value is -3.94. The Bertz CT molecular complexity index is 1200. The van der Waals surface area contributed by atoms with Crippen LogP contribution < -0.4 is 10.7 Å². The summed E-state index contributed by atoms with van der Waals surface area (Å²) in [6.45, 7) is 2.41. The quantitative estimate of drug-likeness (QED) is 0.594. The Morgan fingerprint density at radius 2 is 1.69 bits per heavy atom. The molecule has 0 saturated carbocycles. The van der Waals surface area contributed by atoms with E-state index in [9.17, 15) is 19.2 Å². The molecule has 32 heavy (non-hydrogen) atoms. The minimum Gasteiger partial charge on any atom is -0.360 e. The molecule has 0 saturated heterocycles. The average Bonchev–Trinajstić information content (AvgIpc) is 2.81. The Kier molecular flexibility index (Phi) is 7.04. The van der Waals surface area contributed by atoms with Gasteiger partial charge in [0.15, 0.2) is 0 Å². The second kappa shape index (κ2) is 9.91. The molecule has 2 aromatic carbocycles. The highest BCUT2D eigenvalue weighted by Gasteiger charge is 2.17. The number of amides is 3. The molecular weight excluding hydrogens is 408 g/mol. The molecule has 0 spiro atoms. The molecule has 8 nitrogen and oxygen atoms in total. The van der Waals surface area contributed by atoms with Crippen LogP contribution in [0.1, 0.15) is 33.2 Å². The van der Waals surface area contributed by atoms with Gasteiger partial charge in [0.1, 0.15) is 5.56 Å². The van der Waals surface area contributed by atoms with Gasteiger partial charge in [0.25, 0.3) is 11.8 Å². The fraction of sp³-hybridized carbons (Fsp3) is 0.250. The van der Waals surface area contributed by atoms with Gasteiger partial charge in [0.05, 0.1) is 6.54 Å². The van der Waals surface area contributed by atoms with Crippen molar-refractivity contribution < 1.29 is 14.4 Å². The maximum absolute atomic E-state index is 12.6. The van der Waals surface area contributed by atoms with Crippen LogP contribution in [0.15, 0.2) is 59.5 Å². The minimum absolute atomic E-state index is 0.0410. The molecule has 0 aliphatic heterocycles. The zero-order chi connectivity index (χ0) is 23.3. The molecule has 2 N–H and O–H groups in total. The van der Waals surface area contributed by atoms with E-state index in [4.69, 9.17) is 0 Å². The summed E-state index contributed by atoms with van der Waals surface area (Å²) in [4.78, 5) is 55.7. The van der Waals surface area contributed by atoms with Crippen LogP contribution in [0.25, 0.3) is 10.9 Å². The maximum atomic E-state index is 12.6. The predicted octanol–water partition coefficient (Wildman–Crippen LogP) is 2.01. The number of likely N-dealkylation sites (N-methyl/N-ethyl adjacent to an activating group) is 1. The smallest absolute Gasteiger partial charge is 0.257 e. The van der Waals surface area contributed by atoms with Gasteiger partial charge in [-0.1, -0.05) is 24.3 Å². The average molecular weight is 434 g/mol. The van der Waals surface area contributed by atoms with Crippen molar-refractivity contribution in [3.8, 4) is 0 Å². The van der Waals surface area contributed by atoms with Crippen LogP contribution in [0.5, 0.6) is 0 Å². The van der Waals surface area contributed by atoms with Gasteiger partial charge < -0.3 is 20.1 Å². The number of carbonyl (C=O) groups excluding carboxylic acids is 3. The molecule has 1 heterocycles. The van der Waals surface area contributed by atoms with Crippen molar-refractivity contribution >= 4 is 28.6 Å². The Morgan fingerprint density at radius 1 is 1.00 bits per heavy atom. The van der Waals surface area contributed by atoms with Gasteiger partial charge in [0.2, 0.25) is 11.3 Å². The SMILES string of the molecule is CCN(Cc1ccc(C(=O)N(C)C)cc1)C(=O)CNC(=O)c1c[nH]c2ccccc2c1=O. The van der Waals surface area contributed by atoms with Gasteiger partial charge in [-0.3, -0.25) is 19.2 Å². The summed E-state index contributed by atoms with van der Waals surface area (Å²) >= 11 is 0. The number of hydrogen-bond acceptors (Lipinski definition) is 4. The van der Waals surface area contributed by atoms with Crippen molar-refractivity contribution in [3.05, 3.63) is 81.6 Å². The van der Waals surface area contributed by atoms with E-state index in [1.807, 2.05) is 6.92 Å². The number of benzene rings is 2. The van der Waals surface area contributed by atoms with Crippen molar-refractivity contribution in [1.29, 1.82) is 0 Å². The first-order valence-electron chi connectivity index (χ1n) is 10.3. The summed E-state index contributed by atoms with van der Waals surface area (Å²) in [5.74, 6) is -0.967. The van der Waals surface area contributed by atoms with Crippen LogP contribution in [-0.2, 0) is 11.3 Å². The van der Waals surface area contributed by atoms with Crippen molar-refractivity contribution in [2.75, 3.05) is 27.2 Å². The molecule has 3 aromatic rings. The number of carbonyl (C=O) groups is 3. The molecule has 0 bridgehead atoms. The molecule has 0 aliphatic rings. The lowest BCUT2D eigenvalue weighted by atomic mass is 10.1. The summed E-state index contributed by atoms with van der Waals surface area (Å²) in [5, 5.41) is 2.96. The van der Waals surface area contributed by atoms with Crippen LogP contribution in [-0.4, -0.2) is 59.7 Å². The van der Waals surface area contributed by atoms with Crippen molar-refractivity contribution in [2.24, 2.45) is 0 Å². The Balaban J connectivity index is 1.63. The number of rotatable bonds is 7. The van der Waals surface area contributed by atoms with Crippen molar-refractivity contribution in [1.82, 2.24) is 20.1 Å². The molecular formula is C24H26N4O4. The molecule has 3 rings (SSSR count). The van der Waals surface area contributed by atoms with E-state index in [1.165, 1.54) is 11.1 Å². The monoisotopic (exact) mass is 434 g/mol. The van der Waals surface area contributed by atoms with Gasteiger partial charge in [-0.25, -0.2) is 0 Å². The molecule has 166 valence electrons. The third-order valence-electron chi connectivity index (χ3n) is 5.15. The second-order valence-electron chi connectivity index (χ2n) is 7.56. The fourth-order valence-corrected chi connectivity index (χ4v) is 3.31. The molecule has 0 atom stereocenters. The van der Waals surface area contributed by atoms with E-state index >= 15 is 0 Å². The molecule has 1 aromatic heterocycles. The Morgan fingerprint density at radius 3 is 2.34 bits per heavy atom. The first-order valence-corrected chi connectivity index (χ1v) is 10.3. The van der Waals surface area contributed by atoms with Gasteiger partial charge in [-0.15, -0.1) is 0 Å². The van der Waals surface area contributed by atoms with E-state index < -0.39 is 5.91 Å². The fourth-order valence-electron chi connectivity index (χ4n) is 3.31. The molecule has 0 aliphatic carbocycles. The summed E-state index contributed by atoms with van der Waals surface area (Å²) in [5.41, 5.74) is 1.65. The van der Waals surface area contributed by atoms with E-state index in [0.717, 1.165) is 5.56 Å². The molecule has 8 heteroatoms. The number of hydrogen-bond donors (Lipinski definition) is 2. The van der Waals surface area contributed by atoms with Crippen LogP contribution in [0.3, 0.4) is 0 Å². The van der Waals surface area contributed by atoms with Gasteiger partial charge in [-0.2, -0.15) is 0 Å². The molecule has 3 amide bonds. The third kappa shape index (κ3) is 5.03. The van der Waals surface area contributed by atoms with Gasteiger partial charge in [-0.05, 0) is 36.8 Å². The largest absolute Gasteiger partial charge is 0.360 e. The Labute approximate surface area is 185 Å². The maximum Gasteiger partial charge on any atom is 0.257 e. The van der Waals surface area contributed by atoms with Crippen molar-refractivity contribution in [3.63, 3.8) is 0 Å².